The van der Waals surface area contributed by atoms with Crippen LogP contribution in [0.3, 0.4) is 0 Å². The predicted octanol–water partition coefficient (Wildman–Crippen LogP) is 3.73. The van der Waals surface area contributed by atoms with Gasteiger partial charge in [-0.2, -0.15) is 0 Å². The lowest BCUT2D eigenvalue weighted by atomic mass is 9.95. The number of aromatic nitrogens is 1. The zero-order chi connectivity index (χ0) is 18.1. The molecule has 134 valence electrons. The van der Waals surface area contributed by atoms with Gasteiger partial charge in [0.15, 0.2) is 0 Å². The molecule has 3 aromatic rings. The molecule has 26 heavy (non-hydrogen) atoms. The first-order chi connectivity index (χ1) is 12.6. The number of carbonyl (C=O) groups is 2. The second-order valence-electron chi connectivity index (χ2n) is 6.70. The van der Waals surface area contributed by atoms with Crippen LogP contribution in [0.2, 0.25) is 0 Å². The smallest absolute Gasteiger partial charge is 0.263 e. The molecule has 5 nitrogen and oxygen atoms in total. The number of benzene rings is 1. The van der Waals surface area contributed by atoms with Crippen LogP contribution in [-0.2, 0) is 11.8 Å². The maximum atomic E-state index is 12.7. The van der Waals surface area contributed by atoms with Crippen LogP contribution >= 0.6 is 11.3 Å². The van der Waals surface area contributed by atoms with Crippen molar-refractivity contribution in [2.45, 2.75) is 12.8 Å². The Morgan fingerprint density at radius 1 is 1.12 bits per heavy atom. The number of likely N-dealkylation sites (tertiary alicyclic amines) is 1. The number of nitrogens with one attached hydrogen (secondary N) is 1. The highest BCUT2D eigenvalue weighted by Gasteiger charge is 2.28. The molecule has 4 rings (SSSR count). The fourth-order valence-corrected chi connectivity index (χ4v) is 4.24. The molecule has 1 aromatic carbocycles. The molecule has 1 fully saturated rings. The van der Waals surface area contributed by atoms with Crippen LogP contribution < -0.4 is 5.32 Å². The summed E-state index contributed by atoms with van der Waals surface area (Å²) in [7, 11) is 1.99. The summed E-state index contributed by atoms with van der Waals surface area (Å²) >= 11 is 1.46. The molecule has 0 radical (unpaired) electrons. The molecule has 2 amide bonds. The van der Waals surface area contributed by atoms with Gasteiger partial charge in [-0.1, -0.05) is 12.1 Å². The van der Waals surface area contributed by atoms with Gasteiger partial charge in [0.1, 0.15) is 0 Å². The molecule has 2 aromatic heterocycles. The molecule has 0 saturated carbocycles. The third kappa shape index (κ3) is 3.12. The number of carbonyl (C=O) groups excluding carboxylic acids is 2. The van der Waals surface area contributed by atoms with Crippen LogP contribution in [-0.4, -0.2) is 34.4 Å². The number of thiophene rings is 1. The van der Waals surface area contributed by atoms with Crippen molar-refractivity contribution in [2.75, 3.05) is 18.4 Å². The molecule has 0 aliphatic carbocycles. The van der Waals surface area contributed by atoms with Gasteiger partial charge in [0.2, 0.25) is 5.91 Å². The normalized spacial score (nSPS) is 15.3. The first kappa shape index (κ1) is 16.8. The lowest BCUT2D eigenvalue weighted by Gasteiger charge is -2.31. The van der Waals surface area contributed by atoms with Crippen molar-refractivity contribution in [1.82, 2.24) is 9.47 Å². The Morgan fingerprint density at radius 2 is 1.92 bits per heavy atom. The summed E-state index contributed by atoms with van der Waals surface area (Å²) in [4.78, 5) is 27.7. The minimum atomic E-state index is -0.0543. The number of hydrogen-bond acceptors (Lipinski definition) is 3. The fraction of sp³-hybridized carbons (Fsp3) is 0.300. The number of aryl methyl sites for hydroxylation is 1. The van der Waals surface area contributed by atoms with Crippen molar-refractivity contribution < 1.29 is 9.59 Å². The van der Waals surface area contributed by atoms with Crippen LogP contribution in [0, 0.1) is 5.92 Å². The minimum Gasteiger partial charge on any atom is -0.350 e. The number of rotatable bonds is 3. The van der Waals surface area contributed by atoms with Crippen LogP contribution in [0.1, 0.15) is 22.5 Å². The van der Waals surface area contributed by atoms with Gasteiger partial charge >= 0.3 is 0 Å². The van der Waals surface area contributed by atoms with E-state index in [0.29, 0.717) is 25.9 Å². The number of amides is 2. The van der Waals surface area contributed by atoms with E-state index < -0.39 is 0 Å². The van der Waals surface area contributed by atoms with Gasteiger partial charge in [0.25, 0.3) is 5.91 Å². The van der Waals surface area contributed by atoms with Crippen molar-refractivity contribution in [3.63, 3.8) is 0 Å². The fourth-order valence-electron chi connectivity index (χ4n) is 3.55. The summed E-state index contributed by atoms with van der Waals surface area (Å²) < 4.78 is 2.04. The first-order valence-electron chi connectivity index (χ1n) is 8.81. The van der Waals surface area contributed by atoms with Gasteiger partial charge in [-0.05, 0) is 42.5 Å². The Morgan fingerprint density at radius 3 is 2.65 bits per heavy atom. The zero-order valence-corrected chi connectivity index (χ0v) is 15.5. The van der Waals surface area contributed by atoms with E-state index in [1.54, 1.807) is 0 Å². The van der Waals surface area contributed by atoms with E-state index >= 15 is 0 Å². The highest BCUT2D eigenvalue weighted by atomic mass is 32.1. The number of nitrogens with zero attached hydrogens (tertiary/aromatic N) is 2. The molecule has 0 atom stereocenters. The summed E-state index contributed by atoms with van der Waals surface area (Å²) in [5, 5.41) is 6.05. The number of anilines is 1. The Bertz CT molecular complexity index is 937. The van der Waals surface area contributed by atoms with Crippen molar-refractivity contribution in [2.24, 2.45) is 13.0 Å². The van der Waals surface area contributed by atoms with Gasteiger partial charge in [0.05, 0.1) is 10.6 Å². The maximum absolute atomic E-state index is 12.7. The summed E-state index contributed by atoms with van der Waals surface area (Å²) in [6.07, 6.45) is 3.40. The Kier molecular flexibility index (Phi) is 4.51. The third-order valence-corrected chi connectivity index (χ3v) is 5.93. The van der Waals surface area contributed by atoms with Crippen LogP contribution in [0.15, 0.2) is 48.0 Å². The molecule has 1 N–H and O–H groups in total. The number of piperidine rings is 1. The summed E-state index contributed by atoms with van der Waals surface area (Å²) in [6, 6.07) is 11.7. The summed E-state index contributed by atoms with van der Waals surface area (Å²) in [5.74, 6) is 0.0684. The predicted molar refractivity (Wildman–Crippen MR) is 104 cm³/mol. The average Bonchev–Trinajstić information content (AvgIpc) is 3.32. The third-order valence-electron chi connectivity index (χ3n) is 5.07. The molecular formula is C20H21N3O2S. The van der Waals surface area contributed by atoms with E-state index in [1.165, 1.54) is 11.3 Å². The Hall–Kier alpha value is -2.60. The SMILES string of the molecule is Cn1ccc2c(NC(=O)C3CCN(C(=O)c4cccs4)CC3)cccc21. The van der Waals surface area contributed by atoms with Crippen LogP contribution in [0.4, 0.5) is 5.69 Å². The van der Waals surface area contributed by atoms with E-state index in [2.05, 4.69) is 5.32 Å². The van der Waals surface area contributed by atoms with Gasteiger partial charge in [0, 0.05) is 43.2 Å². The van der Waals surface area contributed by atoms with E-state index in [4.69, 9.17) is 0 Å². The van der Waals surface area contributed by atoms with E-state index in [1.807, 2.05) is 64.5 Å². The molecule has 1 aliphatic rings. The minimum absolute atomic E-state index is 0.0459. The highest BCUT2D eigenvalue weighted by Crippen LogP contribution is 2.26. The van der Waals surface area contributed by atoms with Crippen LogP contribution in [0.5, 0.6) is 0 Å². The molecular weight excluding hydrogens is 346 g/mol. The van der Waals surface area contributed by atoms with Crippen LogP contribution in [0.25, 0.3) is 10.9 Å². The number of hydrogen-bond donors (Lipinski definition) is 1. The standard InChI is InChI=1S/C20H21N3O2S/c1-22-10-9-15-16(4-2-5-17(15)22)21-19(24)14-7-11-23(12-8-14)20(25)18-6-3-13-26-18/h2-6,9-10,13-14H,7-8,11-12H2,1H3,(H,21,24). The molecule has 3 heterocycles. The Balaban J connectivity index is 1.40. The molecule has 6 heteroatoms. The van der Waals surface area contributed by atoms with Crippen molar-refractivity contribution >= 4 is 39.7 Å². The lowest BCUT2D eigenvalue weighted by Crippen LogP contribution is -2.41. The molecule has 1 aliphatic heterocycles. The van der Waals surface area contributed by atoms with Crippen molar-refractivity contribution in [3.05, 3.63) is 52.9 Å². The lowest BCUT2D eigenvalue weighted by molar-refractivity contribution is -0.121. The quantitative estimate of drug-likeness (QED) is 0.767. The molecule has 0 unspecified atom stereocenters. The molecule has 0 bridgehead atoms. The molecule has 1 saturated heterocycles. The van der Waals surface area contributed by atoms with Gasteiger partial charge in [-0.15, -0.1) is 11.3 Å². The van der Waals surface area contributed by atoms with Gasteiger partial charge in [-0.25, -0.2) is 0 Å². The van der Waals surface area contributed by atoms with Gasteiger partial charge in [-0.3, -0.25) is 9.59 Å². The summed E-state index contributed by atoms with van der Waals surface area (Å²) in [6.45, 7) is 1.26. The maximum Gasteiger partial charge on any atom is 0.263 e. The second-order valence-corrected chi connectivity index (χ2v) is 7.65. The second kappa shape index (κ2) is 6.96. The van der Waals surface area contributed by atoms with E-state index in [0.717, 1.165) is 21.5 Å². The first-order valence-corrected chi connectivity index (χ1v) is 9.69. The average molecular weight is 367 g/mol. The monoisotopic (exact) mass is 367 g/mol. The topological polar surface area (TPSA) is 54.3 Å². The summed E-state index contributed by atoms with van der Waals surface area (Å²) in [5.41, 5.74) is 1.95. The zero-order valence-electron chi connectivity index (χ0n) is 14.6. The highest BCUT2D eigenvalue weighted by molar-refractivity contribution is 7.12. The Labute approximate surface area is 156 Å². The van der Waals surface area contributed by atoms with E-state index in [9.17, 15) is 9.59 Å². The van der Waals surface area contributed by atoms with Crippen molar-refractivity contribution in [3.8, 4) is 0 Å². The van der Waals surface area contributed by atoms with E-state index in [-0.39, 0.29) is 17.7 Å². The van der Waals surface area contributed by atoms with Crippen molar-refractivity contribution in [1.29, 1.82) is 0 Å². The number of fused-ring (bicyclic) bond motifs is 1. The largest absolute Gasteiger partial charge is 0.350 e. The molecule has 0 spiro atoms. The van der Waals surface area contributed by atoms with Gasteiger partial charge < -0.3 is 14.8 Å².